The minimum absolute atomic E-state index is 0.00795. The molecule has 2 amide bonds. The van der Waals surface area contributed by atoms with E-state index in [1.165, 1.54) is 29.6 Å². The molecule has 10 heteroatoms. The van der Waals surface area contributed by atoms with Gasteiger partial charge >= 0.3 is 12.0 Å². The number of aliphatic carboxylic acids is 1. The number of anilines is 3. The summed E-state index contributed by atoms with van der Waals surface area (Å²) in [5, 5.41) is 21.7. The second-order valence-corrected chi connectivity index (χ2v) is 10.7. The number of hydrogen-bond donors (Lipinski definition) is 5. The van der Waals surface area contributed by atoms with Crippen molar-refractivity contribution in [2.75, 3.05) is 41.7 Å². The van der Waals surface area contributed by atoms with Crippen molar-refractivity contribution in [3.8, 4) is 0 Å². The second kappa shape index (κ2) is 13.3. The zero-order valence-corrected chi connectivity index (χ0v) is 23.5. The lowest BCUT2D eigenvalue weighted by molar-refractivity contribution is -0.138. The van der Waals surface area contributed by atoms with Crippen LogP contribution in [-0.2, 0) is 24.2 Å². The van der Waals surface area contributed by atoms with Crippen molar-refractivity contribution in [3.63, 3.8) is 0 Å². The lowest BCUT2D eigenvalue weighted by atomic mass is 9.87. The van der Waals surface area contributed by atoms with E-state index in [1.54, 1.807) is 0 Å². The predicted octanol–water partition coefficient (Wildman–Crippen LogP) is 4.15. The quantitative estimate of drug-likeness (QED) is 0.251. The van der Waals surface area contributed by atoms with Crippen molar-refractivity contribution in [2.45, 2.75) is 57.5 Å². The van der Waals surface area contributed by atoms with Crippen molar-refractivity contribution in [2.24, 2.45) is 0 Å². The summed E-state index contributed by atoms with van der Waals surface area (Å²) in [4.78, 5) is 35.6. The number of carbonyl (C=O) groups is 2. The van der Waals surface area contributed by atoms with Crippen LogP contribution in [0.1, 0.15) is 54.4 Å². The molecule has 0 bridgehead atoms. The van der Waals surface area contributed by atoms with Gasteiger partial charge in [-0.05, 0) is 60.8 Å². The van der Waals surface area contributed by atoms with Gasteiger partial charge in [0.2, 0.25) is 0 Å². The normalized spacial score (nSPS) is 15.8. The number of carboxylic acids is 1. The Balaban J connectivity index is 1.18. The second-order valence-electron chi connectivity index (χ2n) is 10.7. The van der Waals surface area contributed by atoms with Gasteiger partial charge in [0.15, 0.2) is 0 Å². The van der Waals surface area contributed by atoms with Crippen LogP contribution in [0.4, 0.5) is 22.1 Å². The highest BCUT2D eigenvalue weighted by atomic mass is 16.4. The lowest BCUT2D eigenvalue weighted by Crippen LogP contribution is -2.49. The van der Waals surface area contributed by atoms with Gasteiger partial charge in [0.25, 0.3) is 0 Å². The van der Waals surface area contributed by atoms with Crippen LogP contribution in [0.15, 0.2) is 54.9 Å². The third-order valence-corrected chi connectivity index (χ3v) is 7.99. The van der Waals surface area contributed by atoms with Gasteiger partial charge in [0.1, 0.15) is 24.0 Å². The molecule has 216 valence electrons. The minimum Gasteiger partial charge on any atom is -0.480 e. The molecule has 0 radical (unpaired) electrons. The van der Waals surface area contributed by atoms with E-state index in [-0.39, 0.29) is 6.54 Å². The molecule has 10 nitrogen and oxygen atoms in total. The van der Waals surface area contributed by atoms with Crippen molar-refractivity contribution in [1.82, 2.24) is 20.6 Å². The third kappa shape index (κ3) is 7.06. The summed E-state index contributed by atoms with van der Waals surface area (Å²) in [5.74, 6) is 0.869. The van der Waals surface area contributed by atoms with Crippen LogP contribution in [0, 0.1) is 0 Å². The molecule has 2 aliphatic rings. The average Bonchev–Trinajstić information content (AvgIpc) is 3.02. The van der Waals surface area contributed by atoms with Crippen molar-refractivity contribution >= 4 is 29.3 Å². The molecule has 2 aromatic carbocycles. The summed E-state index contributed by atoms with van der Waals surface area (Å²) in [7, 11) is 0. The number of urea groups is 1. The largest absolute Gasteiger partial charge is 0.480 e. The highest BCUT2D eigenvalue weighted by Crippen LogP contribution is 2.35. The van der Waals surface area contributed by atoms with Crippen LogP contribution in [0.25, 0.3) is 0 Å². The van der Waals surface area contributed by atoms with Gasteiger partial charge in [-0.2, -0.15) is 0 Å². The maximum atomic E-state index is 12.4. The lowest BCUT2D eigenvalue weighted by Gasteiger charge is -2.34. The fraction of sp³-hybridized carbons (Fsp3) is 0.419. The summed E-state index contributed by atoms with van der Waals surface area (Å²) >= 11 is 0. The number of benzene rings is 2. The van der Waals surface area contributed by atoms with E-state index in [9.17, 15) is 14.7 Å². The Morgan fingerprint density at radius 2 is 1.93 bits per heavy atom. The van der Waals surface area contributed by atoms with Crippen LogP contribution in [0.5, 0.6) is 0 Å². The first kappa shape index (κ1) is 28.2. The maximum Gasteiger partial charge on any atom is 0.328 e. The number of nitrogens with zero attached hydrogens (tertiary/aromatic N) is 3. The number of aromatic nitrogens is 2. The first-order valence-electron chi connectivity index (χ1n) is 14.5. The number of amides is 2. The molecule has 0 spiro atoms. The number of rotatable bonds is 10. The first-order chi connectivity index (χ1) is 20.0. The zero-order chi connectivity index (χ0) is 28.6. The minimum atomic E-state index is -1.13. The third-order valence-electron chi connectivity index (χ3n) is 7.99. The summed E-state index contributed by atoms with van der Waals surface area (Å²) in [5.41, 5.74) is 5.98. The first-order valence-corrected chi connectivity index (χ1v) is 14.5. The topological polar surface area (TPSA) is 132 Å². The van der Waals surface area contributed by atoms with E-state index in [2.05, 4.69) is 54.3 Å². The van der Waals surface area contributed by atoms with Crippen molar-refractivity contribution < 1.29 is 14.7 Å². The Morgan fingerprint density at radius 3 is 2.68 bits per heavy atom. The van der Waals surface area contributed by atoms with Gasteiger partial charge in [-0.25, -0.2) is 19.6 Å². The fourth-order valence-electron chi connectivity index (χ4n) is 5.70. The molecule has 2 aliphatic heterocycles. The van der Waals surface area contributed by atoms with Crippen molar-refractivity contribution in [3.05, 3.63) is 77.1 Å². The highest BCUT2D eigenvalue weighted by Gasteiger charge is 2.26. The molecule has 1 saturated heterocycles. The number of piperidine rings is 1. The maximum absolute atomic E-state index is 12.4. The van der Waals surface area contributed by atoms with Gasteiger partial charge < -0.3 is 31.3 Å². The Kier molecular flexibility index (Phi) is 9.18. The van der Waals surface area contributed by atoms with Gasteiger partial charge in [0.05, 0.1) is 0 Å². The molecule has 5 N–H and O–H groups in total. The number of carbonyl (C=O) groups excluding carboxylic acids is 1. The molecular formula is C31H39N7O3. The number of nitrogens with one attached hydrogen (secondary N) is 4. The molecule has 1 fully saturated rings. The smallest absolute Gasteiger partial charge is 0.328 e. The van der Waals surface area contributed by atoms with Crippen LogP contribution in [-0.4, -0.2) is 59.3 Å². The molecule has 5 rings (SSSR count). The highest BCUT2D eigenvalue weighted by molar-refractivity contribution is 5.83. The zero-order valence-electron chi connectivity index (χ0n) is 23.5. The summed E-state index contributed by atoms with van der Waals surface area (Å²) in [6.07, 6.45) is 6.63. The van der Waals surface area contributed by atoms with Crippen LogP contribution < -0.4 is 26.2 Å². The molecule has 0 aliphatic carbocycles. The predicted molar refractivity (Wildman–Crippen MR) is 161 cm³/mol. The average molecular weight is 558 g/mol. The Bertz CT molecular complexity index is 1340. The summed E-state index contributed by atoms with van der Waals surface area (Å²) in [6, 6.07) is 14.7. The number of carboxylic acid groups (broad SMARTS) is 1. The van der Waals surface area contributed by atoms with Gasteiger partial charge in [-0.15, -0.1) is 0 Å². The molecule has 1 aromatic heterocycles. The van der Waals surface area contributed by atoms with E-state index < -0.39 is 18.0 Å². The molecule has 0 unspecified atom stereocenters. The Labute approximate surface area is 241 Å². The van der Waals surface area contributed by atoms with Crippen LogP contribution in [0.3, 0.4) is 0 Å². The Morgan fingerprint density at radius 1 is 1.12 bits per heavy atom. The molecule has 0 saturated carbocycles. The van der Waals surface area contributed by atoms with E-state index in [0.717, 1.165) is 55.8 Å². The number of aryl methyl sites for hydroxylation is 1. The van der Waals surface area contributed by atoms with E-state index >= 15 is 0 Å². The van der Waals surface area contributed by atoms with E-state index in [1.807, 2.05) is 37.3 Å². The molecule has 3 aromatic rings. The monoisotopic (exact) mass is 557 g/mol. The molecule has 3 heterocycles. The Hall–Kier alpha value is -4.34. The molecular weight excluding hydrogens is 518 g/mol. The fourth-order valence-corrected chi connectivity index (χ4v) is 5.70. The number of hydrogen-bond acceptors (Lipinski definition) is 7. The van der Waals surface area contributed by atoms with E-state index in [4.69, 9.17) is 0 Å². The standard InChI is InChI=1S/C31H39N7O3/c1-2-25-28(33-19-27(30(39)40)37-31(41)34-18-21-7-4-3-5-8-21)35-20-36-29(25)38-15-12-22(13-16-38)24-11-10-23-9-6-14-32-26(23)17-24/h3-5,7-8,10-11,17,20,22,27,32H,2,6,9,12-16,18-19H2,1H3,(H,39,40)(H,33,35,36)(H2,34,37,41)/t27-/m0/s1. The number of fused-ring (bicyclic) bond motifs is 1. The van der Waals surface area contributed by atoms with E-state index in [0.29, 0.717) is 24.7 Å². The van der Waals surface area contributed by atoms with Gasteiger partial charge in [-0.3, -0.25) is 0 Å². The summed E-state index contributed by atoms with van der Waals surface area (Å²) in [6.45, 7) is 5.17. The van der Waals surface area contributed by atoms with Gasteiger partial charge in [0, 0.05) is 44.0 Å². The van der Waals surface area contributed by atoms with Gasteiger partial charge in [-0.1, -0.05) is 49.4 Å². The molecule has 41 heavy (non-hydrogen) atoms. The SMILES string of the molecule is CCc1c(NC[C@H](NC(=O)NCc2ccccc2)C(=O)O)ncnc1N1CCC(c2ccc3c(c2)NCCC3)CC1. The summed E-state index contributed by atoms with van der Waals surface area (Å²) < 4.78 is 0. The van der Waals surface area contributed by atoms with Crippen LogP contribution >= 0.6 is 0 Å². The molecule has 1 atom stereocenters. The van der Waals surface area contributed by atoms with Crippen molar-refractivity contribution in [1.29, 1.82) is 0 Å². The van der Waals surface area contributed by atoms with Crippen LogP contribution in [0.2, 0.25) is 0 Å².